The van der Waals surface area contributed by atoms with Gasteiger partial charge in [0.2, 0.25) is 0 Å². The summed E-state index contributed by atoms with van der Waals surface area (Å²) in [5.74, 6) is 0. The quantitative estimate of drug-likeness (QED) is 0.481. The van der Waals surface area contributed by atoms with Gasteiger partial charge in [-0.2, -0.15) is 34.6 Å². The SMILES string of the molecule is C[Si](C)(C)[c-]1cccc1.C[Si](C)(C)[c-]1cccc1.[Cl][Ti][Cl]. The van der Waals surface area contributed by atoms with Crippen molar-refractivity contribution in [2.24, 2.45) is 0 Å². The van der Waals surface area contributed by atoms with Gasteiger partial charge in [-0.1, -0.05) is 39.3 Å². The second kappa shape index (κ2) is 10.2. The maximum atomic E-state index is 4.89. The molecule has 0 aliphatic rings. The summed E-state index contributed by atoms with van der Waals surface area (Å²) in [6.45, 7) is 14.2. The molecule has 0 fully saturated rings. The predicted molar refractivity (Wildman–Crippen MR) is 102 cm³/mol. The molecule has 118 valence electrons. The standard InChI is InChI=1S/2C8H13Si.2ClH.Ti/c2*1-9(2,3)8-6-4-5-7-8;;;/h2*4-7H,1-3H3;2*1H;/q2*-1;;;+2/p-2. The van der Waals surface area contributed by atoms with E-state index in [1.54, 1.807) is 10.4 Å². The molecule has 0 atom stereocenters. The minimum atomic E-state index is -0.981. The van der Waals surface area contributed by atoms with Crippen molar-refractivity contribution in [1.82, 2.24) is 0 Å². The zero-order valence-electron chi connectivity index (χ0n) is 13.9. The molecule has 2 aromatic rings. The first-order valence-corrected chi connectivity index (χ1v) is 18.3. The van der Waals surface area contributed by atoms with Crippen LogP contribution in [0.15, 0.2) is 48.5 Å². The second-order valence-corrected chi connectivity index (χ2v) is 19.7. The van der Waals surface area contributed by atoms with Gasteiger partial charge in [-0.3, -0.25) is 0 Å². The Morgan fingerprint density at radius 1 is 0.619 bits per heavy atom. The van der Waals surface area contributed by atoms with Gasteiger partial charge in [0.1, 0.15) is 0 Å². The van der Waals surface area contributed by atoms with Crippen LogP contribution in [0.2, 0.25) is 39.3 Å². The van der Waals surface area contributed by atoms with E-state index in [0.717, 1.165) is 0 Å². The average Bonchev–Trinajstić information content (AvgIpc) is 3.03. The molecule has 0 heterocycles. The van der Waals surface area contributed by atoms with E-state index >= 15 is 0 Å². The average molecular weight is 393 g/mol. The van der Waals surface area contributed by atoms with Crippen molar-refractivity contribution < 1.29 is 17.0 Å². The normalized spacial score (nSPS) is 10.9. The second-order valence-electron chi connectivity index (χ2n) is 6.92. The van der Waals surface area contributed by atoms with Crippen molar-refractivity contribution in [3.8, 4) is 0 Å². The summed E-state index contributed by atoms with van der Waals surface area (Å²) in [7, 11) is 7.82. The van der Waals surface area contributed by atoms with Crippen LogP contribution in [0.3, 0.4) is 0 Å². The first-order valence-electron chi connectivity index (χ1n) is 7.03. The molecule has 0 aliphatic heterocycles. The minimum absolute atomic E-state index is 0.556. The van der Waals surface area contributed by atoms with Crippen LogP contribution in [0.5, 0.6) is 0 Å². The summed E-state index contributed by atoms with van der Waals surface area (Å²) in [4.78, 5) is 0. The van der Waals surface area contributed by atoms with Crippen molar-refractivity contribution in [3.63, 3.8) is 0 Å². The maximum absolute atomic E-state index is 4.89. The van der Waals surface area contributed by atoms with Gasteiger partial charge in [0.05, 0.1) is 0 Å². The van der Waals surface area contributed by atoms with E-state index in [1.807, 2.05) is 0 Å². The zero-order valence-corrected chi connectivity index (χ0v) is 18.9. The van der Waals surface area contributed by atoms with E-state index in [0.29, 0.717) is 0 Å². The van der Waals surface area contributed by atoms with Gasteiger partial charge < -0.3 is 0 Å². The topological polar surface area (TPSA) is 0 Å². The molecule has 5 heteroatoms. The molecule has 0 N–H and O–H groups in total. The fraction of sp³-hybridized carbons (Fsp3) is 0.375. The van der Waals surface area contributed by atoms with E-state index in [4.69, 9.17) is 18.6 Å². The van der Waals surface area contributed by atoms with Crippen LogP contribution in [-0.2, 0) is 17.0 Å². The van der Waals surface area contributed by atoms with Crippen molar-refractivity contribution >= 4 is 45.1 Å². The molecule has 0 bridgehead atoms. The number of rotatable bonds is 2. The first kappa shape index (κ1) is 21.4. The Kier molecular flexibility index (Phi) is 10.5. The first-order chi connectivity index (χ1) is 9.62. The third-order valence-electron chi connectivity index (χ3n) is 3.06. The molecule has 2 aromatic carbocycles. The molecule has 0 nitrogen and oxygen atoms in total. The van der Waals surface area contributed by atoms with E-state index in [9.17, 15) is 0 Å². The van der Waals surface area contributed by atoms with Gasteiger partial charge in [0, 0.05) is 16.1 Å². The molecule has 0 radical (unpaired) electrons. The van der Waals surface area contributed by atoms with E-state index < -0.39 is 33.2 Å². The number of hydrogen-bond acceptors (Lipinski definition) is 0. The molecule has 0 saturated heterocycles. The predicted octanol–water partition coefficient (Wildman–Crippen LogP) is 5.28. The Bertz CT molecular complexity index is 407. The Hall–Kier alpha value is 0.428. The zero-order chi connectivity index (χ0) is 16.5. The molecule has 0 amide bonds. The van der Waals surface area contributed by atoms with Gasteiger partial charge in [-0.15, -0.1) is 0 Å². The summed E-state index contributed by atoms with van der Waals surface area (Å²) in [5.41, 5.74) is 0. The van der Waals surface area contributed by atoms with Crippen LogP contribution in [0.25, 0.3) is 0 Å². The van der Waals surface area contributed by atoms with Crippen LogP contribution in [-0.4, -0.2) is 16.1 Å². The van der Waals surface area contributed by atoms with Crippen LogP contribution >= 0.6 is 18.6 Å². The molecular formula is C16H26Cl2Si2Ti-2. The fourth-order valence-corrected chi connectivity index (χ4v) is 4.13. The summed E-state index contributed by atoms with van der Waals surface area (Å²) in [6, 6.07) is 17.4. The molecule has 21 heavy (non-hydrogen) atoms. The molecular weight excluding hydrogens is 367 g/mol. The van der Waals surface area contributed by atoms with Crippen molar-refractivity contribution in [3.05, 3.63) is 48.5 Å². The summed E-state index contributed by atoms with van der Waals surface area (Å²) in [6.07, 6.45) is 0. The molecule has 0 aliphatic carbocycles. The number of hydrogen-bond donors (Lipinski definition) is 0. The fourth-order valence-electron chi connectivity index (χ4n) is 1.75. The third-order valence-corrected chi connectivity index (χ3v) is 7.19. The Labute approximate surface area is 149 Å². The number of halogens is 2. The van der Waals surface area contributed by atoms with Gasteiger partial charge in [-0.25, -0.2) is 24.3 Å². The molecule has 2 rings (SSSR count). The van der Waals surface area contributed by atoms with Gasteiger partial charge >= 0.3 is 35.6 Å². The Morgan fingerprint density at radius 3 is 0.905 bits per heavy atom. The Morgan fingerprint density at radius 2 is 0.810 bits per heavy atom. The molecule has 0 spiro atoms. The molecule has 0 unspecified atom stereocenters. The molecule has 0 saturated carbocycles. The summed E-state index contributed by atoms with van der Waals surface area (Å²) < 4.78 is 0. The van der Waals surface area contributed by atoms with Crippen LogP contribution < -0.4 is 10.4 Å². The van der Waals surface area contributed by atoms with Gasteiger partial charge in [0.25, 0.3) is 0 Å². The van der Waals surface area contributed by atoms with Crippen molar-refractivity contribution in [2.75, 3.05) is 0 Å². The van der Waals surface area contributed by atoms with E-state index in [2.05, 4.69) is 87.8 Å². The van der Waals surface area contributed by atoms with Crippen LogP contribution in [0.4, 0.5) is 0 Å². The van der Waals surface area contributed by atoms with E-state index in [1.165, 1.54) is 0 Å². The van der Waals surface area contributed by atoms with Gasteiger partial charge in [-0.05, 0) is 0 Å². The van der Waals surface area contributed by atoms with E-state index in [-0.39, 0.29) is 0 Å². The van der Waals surface area contributed by atoms with Crippen LogP contribution in [0.1, 0.15) is 0 Å². The summed E-state index contributed by atoms with van der Waals surface area (Å²) >= 11 is -0.556. The summed E-state index contributed by atoms with van der Waals surface area (Å²) in [5, 5.41) is 3.12. The Balaban J connectivity index is 0.000000322. The van der Waals surface area contributed by atoms with Crippen molar-refractivity contribution in [1.29, 1.82) is 0 Å². The van der Waals surface area contributed by atoms with Crippen LogP contribution in [0, 0.1) is 0 Å². The third kappa shape index (κ3) is 9.93. The molecule has 0 aromatic heterocycles. The van der Waals surface area contributed by atoms with Gasteiger partial charge in [0.15, 0.2) is 0 Å². The van der Waals surface area contributed by atoms with Crippen molar-refractivity contribution in [2.45, 2.75) is 39.3 Å². The monoisotopic (exact) mass is 392 g/mol.